The number of halogens is 2. The standard InChI is InChI=1S/C14H21F2NO3/c1-5-6-17-12(14(15)16)9-7-10(18-2)13(20-4)11(8-9)19-3/h7-8,12,14,17H,5-6H2,1-4H3. The zero-order valence-electron chi connectivity index (χ0n) is 12.2. The summed E-state index contributed by atoms with van der Waals surface area (Å²) in [4.78, 5) is 0. The van der Waals surface area contributed by atoms with Gasteiger partial charge in [0.15, 0.2) is 11.5 Å². The lowest BCUT2D eigenvalue weighted by Gasteiger charge is -2.21. The highest BCUT2D eigenvalue weighted by atomic mass is 19.3. The van der Waals surface area contributed by atoms with Gasteiger partial charge in [0.25, 0.3) is 6.43 Å². The van der Waals surface area contributed by atoms with Gasteiger partial charge in [0.2, 0.25) is 5.75 Å². The van der Waals surface area contributed by atoms with Crippen molar-refractivity contribution in [1.82, 2.24) is 5.32 Å². The molecule has 20 heavy (non-hydrogen) atoms. The number of ether oxygens (including phenoxy) is 3. The first kappa shape index (κ1) is 16.5. The lowest BCUT2D eigenvalue weighted by Crippen LogP contribution is -2.28. The summed E-state index contributed by atoms with van der Waals surface area (Å²) >= 11 is 0. The summed E-state index contributed by atoms with van der Waals surface area (Å²) in [6.45, 7) is 2.43. The van der Waals surface area contributed by atoms with E-state index >= 15 is 0 Å². The van der Waals surface area contributed by atoms with Crippen molar-refractivity contribution in [3.63, 3.8) is 0 Å². The fraction of sp³-hybridized carbons (Fsp3) is 0.571. The number of alkyl halides is 2. The van der Waals surface area contributed by atoms with Gasteiger partial charge in [-0.15, -0.1) is 0 Å². The third-order valence-corrected chi connectivity index (χ3v) is 2.91. The van der Waals surface area contributed by atoms with Crippen molar-refractivity contribution in [2.75, 3.05) is 27.9 Å². The van der Waals surface area contributed by atoms with Crippen LogP contribution in [0.3, 0.4) is 0 Å². The van der Waals surface area contributed by atoms with Crippen LogP contribution in [0.25, 0.3) is 0 Å². The molecule has 0 fully saturated rings. The van der Waals surface area contributed by atoms with Crippen molar-refractivity contribution in [1.29, 1.82) is 0 Å². The Bertz CT molecular complexity index is 402. The van der Waals surface area contributed by atoms with Crippen LogP contribution >= 0.6 is 0 Å². The number of rotatable bonds is 8. The molecule has 0 spiro atoms. The Hall–Kier alpha value is -1.56. The fourth-order valence-corrected chi connectivity index (χ4v) is 1.93. The highest BCUT2D eigenvalue weighted by molar-refractivity contribution is 5.54. The fourth-order valence-electron chi connectivity index (χ4n) is 1.93. The first-order valence-corrected chi connectivity index (χ1v) is 6.40. The maximum atomic E-state index is 13.2. The molecule has 6 heteroatoms. The van der Waals surface area contributed by atoms with Gasteiger partial charge in [-0.1, -0.05) is 6.92 Å². The normalized spacial score (nSPS) is 12.3. The van der Waals surface area contributed by atoms with Crippen molar-refractivity contribution < 1.29 is 23.0 Å². The van der Waals surface area contributed by atoms with E-state index in [0.717, 1.165) is 6.42 Å². The van der Waals surface area contributed by atoms with E-state index in [0.29, 0.717) is 29.4 Å². The van der Waals surface area contributed by atoms with Crippen molar-refractivity contribution in [3.05, 3.63) is 17.7 Å². The molecule has 1 aromatic rings. The van der Waals surface area contributed by atoms with Gasteiger partial charge in [0.05, 0.1) is 27.4 Å². The maximum Gasteiger partial charge on any atom is 0.257 e. The number of hydrogen-bond donors (Lipinski definition) is 1. The minimum absolute atomic E-state index is 0.366. The van der Waals surface area contributed by atoms with Gasteiger partial charge in [0.1, 0.15) is 0 Å². The Labute approximate surface area is 118 Å². The molecule has 1 unspecified atom stereocenters. The van der Waals surface area contributed by atoms with Crippen molar-refractivity contribution in [2.24, 2.45) is 0 Å². The number of methoxy groups -OCH3 is 3. The molecule has 1 aromatic carbocycles. The quantitative estimate of drug-likeness (QED) is 0.798. The Balaban J connectivity index is 3.21. The van der Waals surface area contributed by atoms with Crippen LogP contribution < -0.4 is 19.5 Å². The van der Waals surface area contributed by atoms with Gasteiger partial charge >= 0.3 is 0 Å². The highest BCUT2D eigenvalue weighted by Gasteiger charge is 2.25. The molecule has 114 valence electrons. The third-order valence-electron chi connectivity index (χ3n) is 2.91. The monoisotopic (exact) mass is 289 g/mol. The third kappa shape index (κ3) is 3.72. The molecule has 4 nitrogen and oxygen atoms in total. The Morgan fingerprint density at radius 1 is 1.05 bits per heavy atom. The molecule has 1 N–H and O–H groups in total. The van der Waals surface area contributed by atoms with E-state index in [-0.39, 0.29) is 0 Å². The molecule has 0 aromatic heterocycles. The van der Waals surface area contributed by atoms with Crippen LogP contribution in [-0.2, 0) is 0 Å². The van der Waals surface area contributed by atoms with Crippen LogP contribution in [0.15, 0.2) is 12.1 Å². The predicted octanol–water partition coefficient (Wildman–Crippen LogP) is 3.02. The average Bonchev–Trinajstić information content (AvgIpc) is 2.45. The minimum Gasteiger partial charge on any atom is -0.493 e. The summed E-state index contributed by atoms with van der Waals surface area (Å²) in [5.74, 6) is 1.12. The molecule has 0 bridgehead atoms. The van der Waals surface area contributed by atoms with Crippen LogP contribution in [0.4, 0.5) is 8.78 Å². The van der Waals surface area contributed by atoms with E-state index in [1.54, 1.807) is 12.1 Å². The molecule has 0 aliphatic carbocycles. The van der Waals surface area contributed by atoms with E-state index in [1.807, 2.05) is 6.92 Å². The first-order chi connectivity index (χ1) is 9.58. The van der Waals surface area contributed by atoms with Gasteiger partial charge < -0.3 is 19.5 Å². The molecule has 0 aliphatic heterocycles. The zero-order valence-corrected chi connectivity index (χ0v) is 12.2. The second kappa shape index (κ2) is 7.89. The van der Waals surface area contributed by atoms with Crippen LogP contribution in [0.5, 0.6) is 17.2 Å². The summed E-state index contributed by atoms with van der Waals surface area (Å²) < 4.78 is 41.9. The number of benzene rings is 1. The summed E-state index contributed by atoms with van der Waals surface area (Å²) in [6.07, 6.45) is -1.75. The number of nitrogens with one attached hydrogen (secondary N) is 1. The molecule has 1 rings (SSSR count). The molecular formula is C14H21F2NO3. The molecule has 1 atom stereocenters. The van der Waals surface area contributed by atoms with E-state index in [9.17, 15) is 8.78 Å². The van der Waals surface area contributed by atoms with Crippen LogP contribution in [0.1, 0.15) is 24.9 Å². The topological polar surface area (TPSA) is 39.7 Å². The van der Waals surface area contributed by atoms with Crippen LogP contribution in [0.2, 0.25) is 0 Å². The zero-order chi connectivity index (χ0) is 15.1. The lowest BCUT2D eigenvalue weighted by atomic mass is 10.1. The van der Waals surface area contributed by atoms with E-state index in [1.165, 1.54) is 21.3 Å². The SMILES string of the molecule is CCCNC(c1cc(OC)c(OC)c(OC)c1)C(F)F. The summed E-state index contributed by atoms with van der Waals surface area (Å²) in [6, 6.07) is 2.02. The van der Waals surface area contributed by atoms with Crippen molar-refractivity contribution in [2.45, 2.75) is 25.8 Å². The largest absolute Gasteiger partial charge is 0.493 e. The molecule has 0 heterocycles. The van der Waals surface area contributed by atoms with E-state index in [4.69, 9.17) is 14.2 Å². The Kier molecular flexibility index (Phi) is 6.51. The maximum absolute atomic E-state index is 13.2. The van der Waals surface area contributed by atoms with E-state index in [2.05, 4.69) is 5.32 Å². The van der Waals surface area contributed by atoms with Crippen LogP contribution in [0, 0.1) is 0 Å². The van der Waals surface area contributed by atoms with Crippen molar-refractivity contribution >= 4 is 0 Å². The Morgan fingerprint density at radius 2 is 1.60 bits per heavy atom. The second-order valence-corrected chi connectivity index (χ2v) is 4.22. The van der Waals surface area contributed by atoms with E-state index < -0.39 is 12.5 Å². The van der Waals surface area contributed by atoms with Gasteiger partial charge in [-0.3, -0.25) is 0 Å². The van der Waals surface area contributed by atoms with Gasteiger partial charge in [-0.2, -0.15) is 0 Å². The predicted molar refractivity (Wildman–Crippen MR) is 73.1 cm³/mol. The first-order valence-electron chi connectivity index (χ1n) is 6.40. The Morgan fingerprint density at radius 3 is 1.95 bits per heavy atom. The average molecular weight is 289 g/mol. The van der Waals surface area contributed by atoms with Crippen LogP contribution in [-0.4, -0.2) is 34.3 Å². The molecule has 0 saturated carbocycles. The van der Waals surface area contributed by atoms with Gasteiger partial charge in [-0.05, 0) is 30.7 Å². The lowest BCUT2D eigenvalue weighted by molar-refractivity contribution is 0.0982. The second-order valence-electron chi connectivity index (χ2n) is 4.22. The highest BCUT2D eigenvalue weighted by Crippen LogP contribution is 2.40. The number of hydrogen-bond acceptors (Lipinski definition) is 4. The molecule has 0 saturated heterocycles. The van der Waals surface area contributed by atoms with Gasteiger partial charge in [-0.25, -0.2) is 8.78 Å². The summed E-state index contributed by atoms with van der Waals surface area (Å²) in [5.41, 5.74) is 0.406. The summed E-state index contributed by atoms with van der Waals surface area (Å²) in [5, 5.41) is 2.82. The smallest absolute Gasteiger partial charge is 0.257 e. The minimum atomic E-state index is -2.52. The molecule has 0 amide bonds. The van der Waals surface area contributed by atoms with Crippen molar-refractivity contribution in [3.8, 4) is 17.2 Å². The molecular weight excluding hydrogens is 268 g/mol. The molecule has 0 radical (unpaired) electrons. The van der Waals surface area contributed by atoms with Gasteiger partial charge in [0, 0.05) is 0 Å². The summed E-state index contributed by atoms with van der Waals surface area (Å²) in [7, 11) is 4.38. The molecule has 0 aliphatic rings.